The van der Waals surface area contributed by atoms with Gasteiger partial charge in [-0.05, 0) is 29.3 Å². The third-order valence-corrected chi connectivity index (χ3v) is 4.32. The van der Waals surface area contributed by atoms with Gasteiger partial charge >= 0.3 is 0 Å². The van der Waals surface area contributed by atoms with Crippen LogP contribution in [-0.4, -0.2) is 39.0 Å². The van der Waals surface area contributed by atoms with E-state index in [1.165, 1.54) is 38.5 Å². The zero-order valence-electron chi connectivity index (χ0n) is 13.8. The molecule has 1 aromatic heterocycles. The van der Waals surface area contributed by atoms with Gasteiger partial charge in [0.15, 0.2) is 0 Å². The van der Waals surface area contributed by atoms with Gasteiger partial charge in [0.05, 0.1) is 6.54 Å². The Kier molecular flexibility index (Phi) is 10.5. The third-order valence-electron chi connectivity index (χ3n) is 3.28. The van der Waals surface area contributed by atoms with E-state index < -0.39 is 0 Å². The Labute approximate surface area is 133 Å². The quantitative estimate of drug-likeness (QED) is 0.447. The minimum absolute atomic E-state index is 0.681. The lowest BCUT2D eigenvalue weighted by Crippen LogP contribution is -2.24. The van der Waals surface area contributed by atoms with Crippen molar-refractivity contribution >= 4 is 11.8 Å². The molecule has 0 saturated carbocycles. The second-order valence-electron chi connectivity index (χ2n) is 5.90. The molecule has 0 amide bonds. The Morgan fingerprint density at radius 3 is 2.67 bits per heavy atom. The molecule has 122 valence electrons. The van der Waals surface area contributed by atoms with Crippen LogP contribution in [0.15, 0.2) is 5.16 Å². The van der Waals surface area contributed by atoms with E-state index >= 15 is 0 Å². The monoisotopic (exact) mass is 313 g/mol. The van der Waals surface area contributed by atoms with E-state index in [-0.39, 0.29) is 0 Å². The van der Waals surface area contributed by atoms with Crippen LogP contribution in [0.1, 0.15) is 59.3 Å². The van der Waals surface area contributed by atoms with Crippen LogP contribution < -0.4 is 5.32 Å². The molecule has 0 aliphatic rings. The van der Waals surface area contributed by atoms with Crippen molar-refractivity contribution in [2.24, 2.45) is 5.92 Å². The van der Waals surface area contributed by atoms with Gasteiger partial charge in [-0.1, -0.05) is 64.6 Å². The van der Waals surface area contributed by atoms with Crippen LogP contribution in [-0.2, 0) is 6.54 Å². The van der Waals surface area contributed by atoms with Crippen molar-refractivity contribution in [1.29, 1.82) is 0 Å². The molecule has 1 heterocycles. The lowest BCUT2D eigenvalue weighted by atomic mass is 10.1. The van der Waals surface area contributed by atoms with Crippen LogP contribution in [0.2, 0.25) is 0 Å². The number of hydrogen-bond donors (Lipinski definition) is 1. The number of unbranched alkanes of at least 4 members (excludes halogenated alkanes) is 5. The number of tetrazole rings is 1. The molecule has 0 aliphatic heterocycles. The molecule has 0 spiro atoms. The summed E-state index contributed by atoms with van der Waals surface area (Å²) in [7, 11) is 0. The molecule has 0 bridgehead atoms. The summed E-state index contributed by atoms with van der Waals surface area (Å²) in [5, 5.41) is 16.3. The molecule has 0 radical (unpaired) electrons. The summed E-state index contributed by atoms with van der Waals surface area (Å²) >= 11 is 1.78. The van der Waals surface area contributed by atoms with Crippen molar-refractivity contribution < 1.29 is 0 Å². The summed E-state index contributed by atoms with van der Waals surface area (Å²) in [5.74, 6) is 1.80. The van der Waals surface area contributed by atoms with Crippen LogP contribution in [0.5, 0.6) is 0 Å². The second-order valence-corrected chi connectivity index (χ2v) is 6.96. The Morgan fingerprint density at radius 2 is 1.90 bits per heavy atom. The zero-order chi connectivity index (χ0) is 15.3. The molecule has 0 atom stereocenters. The predicted octanol–water partition coefficient (Wildman–Crippen LogP) is 3.37. The van der Waals surface area contributed by atoms with Crippen molar-refractivity contribution in [1.82, 2.24) is 25.5 Å². The van der Waals surface area contributed by atoms with Crippen LogP contribution in [0, 0.1) is 5.92 Å². The van der Waals surface area contributed by atoms with E-state index in [0.29, 0.717) is 5.92 Å². The molecule has 21 heavy (non-hydrogen) atoms. The van der Waals surface area contributed by atoms with Crippen LogP contribution in [0.25, 0.3) is 0 Å². The Bertz CT molecular complexity index is 354. The van der Waals surface area contributed by atoms with Crippen molar-refractivity contribution in [3.8, 4) is 0 Å². The van der Waals surface area contributed by atoms with E-state index in [4.69, 9.17) is 0 Å². The van der Waals surface area contributed by atoms with Gasteiger partial charge in [0.1, 0.15) is 0 Å². The largest absolute Gasteiger partial charge is 0.315 e. The molecular formula is C15H31N5S. The van der Waals surface area contributed by atoms with Crippen LogP contribution in [0.4, 0.5) is 0 Å². The summed E-state index contributed by atoms with van der Waals surface area (Å²) in [6.07, 6.45) is 8.00. The average molecular weight is 314 g/mol. The maximum atomic E-state index is 4.11. The zero-order valence-corrected chi connectivity index (χ0v) is 14.7. The SMILES string of the molecule is CCCCCCCCSc1nnnn1CCNCC(C)C. The lowest BCUT2D eigenvalue weighted by Gasteiger charge is -2.08. The van der Waals surface area contributed by atoms with Crippen molar-refractivity contribution in [2.45, 2.75) is 71.0 Å². The first-order valence-corrected chi connectivity index (χ1v) is 9.32. The van der Waals surface area contributed by atoms with E-state index in [2.05, 4.69) is 41.6 Å². The fourth-order valence-electron chi connectivity index (χ4n) is 2.06. The molecule has 1 aromatic rings. The van der Waals surface area contributed by atoms with E-state index in [1.807, 2.05) is 4.68 Å². The number of rotatable bonds is 13. The molecule has 0 fully saturated rings. The van der Waals surface area contributed by atoms with Gasteiger partial charge in [0, 0.05) is 12.3 Å². The molecule has 0 unspecified atom stereocenters. The third kappa shape index (κ3) is 9.09. The first-order valence-electron chi connectivity index (χ1n) is 8.33. The Morgan fingerprint density at radius 1 is 1.14 bits per heavy atom. The van der Waals surface area contributed by atoms with Gasteiger partial charge in [-0.25, -0.2) is 4.68 Å². The first-order chi connectivity index (χ1) is 10.2. The van der Waals surface area contributed by atoms with Gasteiger partial charge in [0.2, 0.25) is 5.16 Å². The van der Waals surface area contributed by atoms with Crippen molar-refractivity contribution in [3.05, 3.63) is 0 Å². The van der Waals surface area contributed by atoms with E-state index in [0.717, 1.165) is 30.5 Å². The molecule has 0 saturated heterocycles. The normalized spacial score (nSPS) is 11.4. The minimum atomic E-state index is 0.681. The topological polar surface area (TPSA) is 55.6 Å². The fraction of sp³-hybridized carbons (Fsp3) is 0.933. The number of nitrogens with zero attached hydrogens (tertiary/aromatic N) is 4. The second kappa shape index (κ2) is 12.0. The highest BCUT2D eigenvalue weighted by molar-refractivity contribution is 7.99. The highest BCUT2D eigenvalue weighted by Gasteiger charge is 2.06. The number of aromatic nitrogens is 4. The Hall–Kier alpha value is -0.620. The summed E-state index contributed by atoms with van der Waals surface area (Å²) < 4.78 is 1.91. The molecule has 5 nitrogen and oxygen atoms in total. The summed E-state index contributed by atoms with van der Waals surface area (Å²) in [6.45, 7) is 9.50. The lowest BCUT2D eigenvalue weighted by molar-refractivity contribution is 0.482. The highest BCUT2D eigenvalue weighted by Crippen LogP contribution is 2.16. The maximum absolute atomic E-state index is 4.11. The molecule has 0 aromatic carbocycles. The van der Waals surface area contributed by atoms with Gasteiger partial charge in [-0.3, -0.25) is 0 Å². The van der Waals surface area contributed by atoms with Crippen molar-refractivity contribution in [2.75, 3.05) is 18.8 Å². The van der Waals surface area contributed by atoms with Gasteiger partial charge in [0.25, 0.3) is 0 Å². The highest BCUT2D eigenvalue weighted by atomic mass is 32.2. The minimum Gasteiger partial charge on any atom is -0.315 e. The number of thioether (sulfide) groups is 1. The van der Waals surface area contributed by atoms with Crippen molar-refractivity contribution in [3.63, 3.8) is 0 Å². The van der Waals surface area contributed by atoms with Crippen LogP contribution >= 0.6 is 11.8 Å². The van der Waals surface area contributed by atoms with E-state index in [1.54, 1.807) is 11.8 Å². The van der Waals surface area contributed by atoms with Gasteiger partial charge in [-0.2, -0.15) is 0 Å². The molecular weight excluding hydrogens is 282 g/mol. The first kappa shape index (κ1) is 18.4. The Balaban J connectivity index is 2.10. The molecule has 0 aliphatic carbocycles. The molecule has 1 rings (SSSR count). The molecule has 1 N–H and O–H groups in total. The number of hydrogen-bond acceptors (Lipinski definition) is 5. The maximum Gasteiger partial charge on any atom is 0.209 e. The van der Waals surface area contributed by atoms with Crippen LogP contribution in [0.3, 0.4) is 0 Å². The molecule has 6 heteroatoms. The summed E-state index contributed by atoms with van der Waals surface area (Å²) in [4.78, 5) is 0. The van der Waals surface area contributed by atoms with Gasteiger partial charge < -0.3 is 5.32 Å². The summed E-state index contributed by atoms with van der Waals surface area (Å²) in [5.41, 5.74) is 0. The van der Waals surface area contributed by atoms with Gasteiger partial charge in [-0.15, -0.1) is 5.10 Å². The average Bonchev–Trinajstić information content (AvgIpc) is 2.90. The predicted molar refractivity (Wildman–Crippen MR) is 89.6 cm³/mol. The fourth-order valence-corrected chi connectivity index (χ4v) is 2.96. The van der Waals surface area contributed by atoms with E-state index in [9.17, 15) is 0 Å². The summed E-state index contributed by atoms with van der Waals surface area (Å²) in [6, 6.07) is 0. The number of nitrogens with one attached hydrogen (secondary N) is 1. The standard InChI is InChI=1S/C15H31N5S/c1-4-5-6-7-8-9-12-21-15-17-18-19-20(15)11-10-16-13-14(2)3/h14,16H,4-13H2,1-3H3. The smallest absolute Gasteiger partial charge is 0.209 e.